The lowest BCUT2D eigenvalue weighted by Crippen LogP contribution is -2.14. The predicted molar refractivity (Wildman–Crippen MR) is 84.4 cm³/mol. The number of amides is 1. The van der Waals surface area contributed by atoms with Crippen LogP contribution >= 0.6 is 11.8 Å². The van der Waals surface area contributed by atoms with E-state index >= 15 is 0 Å². The highest BCUT2D eigenvalue weighted by molar-refractivity contribution is 7.99. The molecule has 1 aromatic carbocycles. The molecule has 0 aliphatic heterocycles. The third-order valence-corrected chi connectivity index (χ3v) is 3.99. The molecule has 0 bridgehead atoms. The van der Waals surface area contributed by atoms with Crippen LogP contribution in [0.4, 0.5) is 5.69 Å². The standard InChI is InChI=1S/C14H14N6OS/c1-20-9-17-19-14(20)22-7-13(21)18-11-4-2-3-10(5-11)12-6-15-8-16-12/h2-6,8-9H,7H2,1H3,(H,15,16)(H,18,21). The van der Waals surface area contributed by atoms with Gasteiger partial charge in [-0.05, 0) is 12.1 Å². The molecule has 0 unspecified atom stereocenters. The topological polar surface area (TPSA) is 88.5 Å². The highest BCUT2D eigenvalue weighted by atomic mass is 32.2. The van der Waals surface area contributed by atoms with Gasteiger partial charge in [0.2, 0.25) is 5.91 Å². The fraction of sp³-hybridized carbons (Fsp3) is 0.143. The maximum Gasteiger partial charge on any atom is 0.234 e. The van der Waals surface area contributed by atoms with Gasteiger partial charge >= 0.3 is 0 Å². The highest BCUT2D eigenvalue weighted by Crippen LogP contribution is 2.20. The van der Waals surface area contributed by atoms with Crippen molar-refractivity contribution in [3.63, 3.8) is 0 Å². The lowest BCUT2D eigenvalue weighted by Gasteiger charge is -2.06. The summed E-state index contributed by atoms with van der Waals surface area (Å²) in [5.41, 5.74) is 2.62. The third kappa shape index (κ3) is 3.34. The minimum absolute atomic E-state index is 0.0882. The SMILES string of the molecule is Cn1cnnc1SCC(=O)Nc1cccc(-c2cnc[nH]2)c1. The molecule has 22 heavy (non-hydrogen) atoms. The van der Waals surface area contributed by atoms with Crippen molar-refractivity contribution in [2.75, 3.05) is 11.1 Å². The molecular formula is C14H14N6OS. The van der Waals surface area contributed by atoms with E-state index in [1.54, 1.807) is 23.4 Å². The average molecular weight is 314 g/mol. The molecule has 3 aromatic rings. The molecule has 0 spiro atoms. The zero-order valence-electron chi connectivity index (χ0n) is 11.9. The van der Waals surface area contributed by atoms with Gasteiger partial charge in [-0.15, -0.1) is 10.2 Å². The molecule has 7 nitrogen and oxygen atoms in total. The quantitative estimate of drug-likeness (QED) is 0.703. The Hall–Kier alpha value is -2.61. The molecule has 112 valence electrons. The lowest BCUT2D eigenvalue weighted by molar-refractivity contribution is -0.113. The fourth-order valence-electron chi connectivity index (χ4n) is 1.91. The average Bonchev–Trinajstić information content (AvgIpc) is 3.17. The molecule has 0 fully saturated rings. The second-order valence-electron chi connectivity index (χ2n) is 4.61. The van der Waals surface area contributed by atoms with Gasteiger partial charge in [0, 0.05) is 18.3 Å². The van der Waals surface area contributed by atoms with Crippen LogP contribution in [0.3, 0.4) is 0 Å². The Balaban J connectivity index is 1.62. The number of hydrogen-bond donors (Lipinski definition) is 2. The number of imidazole rings is 1. The van der Waals surface area contributed by atoms with Crippen molar-refractivity contribution in [3.05, 3.63) is 43.1 Å². The van der Waals surface area contributed by atoms with Crippen molar-refractivity contribution in [1.29, 1.82) is 0 Å². The molecule has 0 atom stereocenters. The van der Waals surface area contributed by atoms with Crippen LogP contribution in [0.2, 0.25) is 0 Å². The molecule has 2 N–H and O–H groups in total. The Morgan fingerprint density at radius 3 is 3.09 bits per heavy atom. The smallest absolute Gasteiger partial charge is 0.234 e. The molecule has 0 saturated carbocycles. The zero-order chi connectivity index (χ0) is 15.4. The van der Waals surface area contributed by atoms with Crippen molar-refractivity contribution in [3.8, 4) is 11.3 Å². The van der Waals surface area contributed by atoms with Crippen molar-refractivity contribution in [2.45, 2.75) is 5.16 Å². The number of aromatic nitrogens is 5. The van der Waals surface area contributed by atoms with Crippen LogP contribution in [-0.2, 0) is 11.8 Å². The molecule has 0 radical (unpaired) electrons. The molecule has 8 heteroatoms. The summed E-state index contributed by atoms with van der Waals surface area (Å²) < 4.78 is 1.77. The maximum atomic E-state index is 12.0. The van der Waals surface area contributed by atoms with Gasteiger partial charge in [0.1, 0.15) is 6.33 Å². The van der Waals surface area contributed by atoms with Gasteiger partial charge in [-0.3, -0.25) is 4.79 Å². The normalized spacial score (nSPS) is 10.6. The monoisotopic (exact) mass is 314 g/mol. The van der Waals surface area contributed by atoms with E-state index < -0.39 is 0 Å². The number of nitrogens with zero attached hydrogens (tertiary/aromatic N) is 4. The Labute approximate surface area is 131 Å². The molecule has 0 aliphatic rings. The van der Waals surface area contributed by atoms with Crippen LogP contribution in [0.1, 0.15) is 0 Å². The number of anilines is 1. The van der Waals surface area contributed by atoms with Crippen LogP contribution in [0.5, 0.6) is 0 Å². The van der Waals surface area contributed by atoms with Gasteiger partial charge in [0.05, 0.1) is 24.0 Å². The van der Waals surface area contributed by atoms with Gasteiger partial charge < -0.3 is 14.9 Å². The van der Waals surface area contributed by atoms with E-state index in [0.717, 1.165) is 16.9 Å². The maximum absolute atomic E-state index is 12.0. The Morgan fingerprint density at radius 2 is 2.36 bits per heavy atom. The first-order valence-electron chi connectivity index (χ1n) is 6.58. The largest absolute Gasteiger partial charge is 0.345 e. The summed E-state index contributed by atoms with van der Waals surface area (Å²) in [4.78, 5) is 19.0. The van der Waals surface area contributed by atoms with Crippen LogP contribution in [0.15, 0.2) is 48.3 Å². The van der Waals surface area contributed by atoms with Gasteiger partial charge in [-0.2, -0.15) is 0 Å². The number of hydrogen-bond acceptors (Lipinski definition) is 5. The van der Waals surface area contributed by atoms with E-state index in [9.17, 15) is 4.79 Å². The van der Waals surface area contributed by atoms with Gasteiger partial charge in [-0.1, -0.05) is 23.9 Å². The highest BCUT2D eigenvalue weighted by Gasteiger charge is 2.08. The number of nitrogens with one attached hydrogen (secondary N) is 2. The summed E-state index contributed by atoms with van der Waals surface area (Å²) in [6, 6.07) is 7.60. The van der Waals surface area contributed by atoms with E-state index in [1.165, 1.54) is 11.8 Å². The van der Waals surface area contributed by atoms with Crippen LogP contribution < -0.4 is 5.32 Å². The molecular weight excluding hydrogens is 300 g/mol. The van der Waals surface area contributed by atoms with E-state index in [4.69, 9.17) is 0 Å². The summed E-state index contributed by atoms with van der Waals surface area (Å²) >= 11 is 1.34. The molecule has 2 heterocycles. The van der Waals surface area contributed by atoms with E-state index in [1.807, 2.05) is 31.3 Å². The number of aromatic amines is 1. The fourth-order valence-corrected chi connectivity index (χ4v) is 2.60. The van der Waals surface area contributed by atoms with Crippen LogP contribution in [0.25, 0.3) is 11.3 Å². The van der Waals surface area contributed by atoms with Gasteiger partial charge in [0.25, 0.3) is 0 Å². The second-order valence-corrected chi connectivity index (χ2v) is 5.55. The number of H-pyrrole nitrogens is 1. The Morgan fingerprint density at radius 1 is 1.45 bits per heavy atom. The molecule has 0 aliphatic carbocycles. The second kappa shape index (κ2) is 6.44. The van der Waals surface area contributed by atoms with Gasteiger partial charge in [0.15, 0.2) is 5.16 Å². The van der Waals surface area contributed by atoms with Crippen molar-refractivity contribution in [1.82, 2.24) is 24.7 Å². The van der Waals surface area contributed by atoms with Crippen LogP contribution in [-0.4, -0.2) is 36.4 Å². The predicted octanol–water partition coefficient (Wildman–Crippen LogP) is 1.94. The summed E-state index contributed by atoms with van der Waals surface area (Å²) in [7, 11) is 1.84. The Kier molecular flexibility index (Phi) is 4.19. The minimum atomic E-state index is -0.0882. The molecule has 1 amide bonds. The first-order valence-corrected chi connectivity index (χ1v) is 7.56. The zero-order valence-corrected chi connectivity index (χ0v) is 12.7. The number of benzene rings is 1. The first kappa shape index (κ1) is 14.3. The minimum Gasteiger partial charge on any atom is -0.345 e. The van der Waals surface area contributed by atoms with Crippen molar-refractivity contribution < 1.29 is 4.79 Å². The number of aryl methyl sites for hydroxylation is 1. The Bertz CT molecular complexity index is 767. The summed E-state index contributed by atoms with van der Waals surface area (Å²) in [6.45, 7) is 0. The van der Waals surface area contributed by atoms with Crippen molar-refractivity contribution >= 4 is 23.4 Å². The molecule has 0 saturated heterocycles. The number of carbonyl (C=O) groups excluding carboxylic acids is 1. The number of thioether (sulfide) groups is 1. The first-order chi connectivity index (χ1) is 10.7. The van der Waals surface area contributed by atoms with Crippen molar-refractivity contribution in [2.24, 2.45) is 7.05 Å². The van der Waals surface area contributed by atoms with Crippen LogP contribution in [0, 0.1) is 0 Å². The van der Waals surface area contributed by atoms with E-state index in [0.29, 0.717) is 5.16 Å². The van der Waals surface area contributed by atoms with E-state index in [2.05, 4.69) is 25.5 Å². The number of rotatable bonds is 5. The summed E-state index contributed by atoms with van der Waals surface area (Å²) in [5, 5.41) is 11.3. The van der Waals surface area contributed by atoms with E-state index in [-0.39, 0.29) is 11.7 Å². The summed E-state index contributed by atoms with van der Waals surface area (Å²) in [6.07, 6.45) is 4.97. The lowest BCUT2D eigenvalue weighted by atomic mass is 10.1. The summed E-state index contributed by atoms with van der Waals surface area (Å²) in [5.74, 6) is 0.190. The number of carbonyl (C=O) groups is 1. The third-order valence-electron chi connectivity index (χ3n) is 2.96. The molecule has 3 rings (SSSR count). The molecule has 2 aromatic heterocycles. The van der Waals surface area contributed by atoms with Gasteiger partial charge in [-0.25, -0.2) is 4.98 Å².